The number of nitrogens with zero attached hydrogens (tertiary/aromatic N) is 3. The van der Waals surface area contributed by atoms with Crippen LogP contribution in [0.5, 0.6) is 5.75 Å². The third-order valence-corrected chi connectivity index (χ3v) is 7.64. The number of likely N-dealkylation sites (N-methyl/N-ethyl adjacent to an activating group) is 1. The van der Waals surface area contributed by atoms with Crippen molar-refractivity contribution >= 4 is 38.2 Å². The van der Waals surface area contributed by atoms with Gasteiger partial charge in [-0.2, -0.15) is 0 Å². The van der Waals surface area contributed by atoms with Gasteiger partial charge in [-0.25, -0.2) is 17.9 Å². The molecule has 13 heteroatoms. The second-order valence-corrected chi connectivity index (χ2v) is 10.9. The topological polar surface area (TPSA) is 139 Å². The number of sulfonamides is 1. The zero-order chi connectivity index (χ0) is 26.5. The number of hydrogen-bond acceptors (Lipinski definition) is 8. The number of anilines is 2. The van der Waals surface area contributed by atoms with E-state index in [4.69, 9.17) is 9.88 Å². The molecule has 0 saturated carbocycles. The molecular formula is C24H27FN6O5S. The zero-order valence-corrected chi connectivity index (χ0v) is 21.1. The predicted molar refractivity (Wildman–Crippen MR) is 137 cm³/mol. The first-order valence-electron chi connectivity index (χ1n) is 11.7. The minimum atomic E-state index is -3.85. The number of primary sulfonamides is 1. The summed E-state index contributed by atoms with van der Waals surface area (Å²) >= 11 is 0. The molecule has 5 rings (SSSR count). The Hall–Kier alpha value is -3.68. The smallest absolute Gasteiger partial charge is 0.275 e. The van der Waals surface area contributed by atoms with Crippen LogP contribution >= 0.6 is 0 Å². The average Bonchev–Trinajstić information content (AvgIpc) is 2.86. The molecule has 4 N–H and O–H groups in total. The summed E-state index contributed by atoms with van der Waals surface area (Å²) in [5.41, 5.74) is 5.45. The van der Waals surface area contributed by atoms with Crippen molar-refractivity contribution in [2.45, 2.75) is 17.9 Å². The fourth-order valence-electron chi connectivity index (χ4n) is 4.62. The van der Waals surface area contributed by atoms with Gasteiger partial charge in [-0.05, 0) is 44.3 Å². The lowest BCUT2D eigenvalue weighted by Gasteiger charge is -2.37. The number of halogens is 1. The molecule has 0 unspecified atom stereocenters. The van der Waals surface area contributed by atoms with Crippen molar-refractivity contribution in [2.24, 2.45) is 5.14 Å². The fourth-order valence-corrected chi connectivity index (χ4v) is 5.14. The minimum absolute atomic E-state index is 0.0575. The molecule has 11 nitrogen and oxygen atoms in total. The molecule has 0 bridgehead atoms. The van der Waals surface area contributed by atoms with Gasteiger partial charge in [0.25, 0.3) is 5.91 Å². The Morgan fingerprint density at radius 3 is 2.49 bits per heavy atom. The van der Waals surface area contributed by atoms with Crippen LogP contribution in [0.25, 0.3) is 10.9 Å². The number of carbonyl (C=O) groups is 1. The number of amides is 1. The van der Waals surface area contributed by atoms with Gasteiger partial charge in [0.2, 0.25) is 15.5 Å². The predicted octanol–water partition coefficient (Wildman–Crippen LogP) is 1.25. The van der Waals surface area contributed by atoms with Gasteiger partial charge < -0.3 is 19.1 Å². The Kier molecular flexibility index (Phi) is 6.30. The van der Waals surface area contributed by atoms with Crippen molar-refractivity contribution in [3.8, 4) is 5.75 Å². The van der Waals surface area contributed by atoms with Crippen LogP contribution in [0.1, 0.15) is 23.3 Å². The van der Waals surface area contributed by atoms with Crippen LogP contribution in [0, 0.1) is 5.82 Å². The summed E-state index contributed by atoms with van der Waals surface area (Å²) in [7, 11) is -1.84. The number of nitrogens with one attached hydrogen (secondary N) is 2. The van der Waals surface area contributed by atoms with Crippen molar-refractivity contribution in [2.75, 3.05) is 50.2 Å². The van der Waals surface area contributed by atoms with Crippen LogP contribution in [0.15, 0.2) is 46.2 Å². The summed E-state index contributed by atoms with van der Waals surface area (Å²) < 4.78 is 46.0. The van der Waals surface area contributed by atoms with Crippen LogP contribution in [0.3, 0.4) is 0 Å². The Balaban J connectivity index is 1.49. The van der Waals surface area contributed by atoms with Gasteiger partial charge in [-0.1, -0.05) is 0 Å². The number of ether oxygens (including phenoxy) is 1. The van der Waals surface area contributed by atoms with Crippen LogP contribution in [0.4, 0.5) is 15.8 Å². The summed E-state index contributed by atoms with van der Waals surface area (Å²) in [4.78, 5) is 30.3. The molecule has 37 heavy (non-hydrogen) atoms. The largest absolute Gasteiger partial charge is 0.487 e. The molecule has 1 fully saturated rings. The number of hydrogen-bond donors (Lipinski definition) is 3. The highest BCUT2D eigenvalue weighted by atomic mass is 32.2. The van der Waals surface area contributed by atoms with Gasteiger partial charge in [0.1, 0.15) is 17.9 Å². The second-order valence-electron chi connectivity index (χ2n) is 9.31. The highest BCUT2D eigenvalue weighted by Crippen LogP contribution is 2.42. The lowest BCUT2D eigenvalue weighted by Crippen LogP contribution is -2.45. The lowest BCUT2D eigenvalue weighted by atomic mass is 10.0. The SMILES string of the molecule is C[C@H]1COc2c(N3CCN(C)CC3)c(F)cc3c(=O)c(C(=O)NNc4ccc(S(N)(=O)=O)cc4)cn1c23. The number of carbonyl (C=O) groups excluding carboxylic acids is 1. The van der Waals surface area contributed by atoms with Crippen LogP contribution in [0.2, 0.25) is 0 Å². The van der Waals surface area contributed by atoms with Gasteiger partial charge in [0.15, 0.2) is 11.6 Å². The van der Waals surface area contributed by atoms with E-state index in [1.807, 2.05) is 18.9 Å². The number of piperazine rings is 1. The Labute approximate surface area is 212 Å². The van der Waals surface area contributed by atoms with Gasteiger partial charge in [0.05, 0.1) is 27.5 Å². The normalized spacial score (nSPS) is 17.9. The number of aromatic nitrogens is 1. The standard InChI is InChI=1S/C24H27FN6O5S/c1-14-13-36-23-20-17(11-19(25)21(23)30-9-7-29(2)8-10-30)22(32)18(12-31(14)20)24(33)28-27-15-3-5-16(6-4-15)37(26,34)35/h3-6,11-12,14,27H,7-10,13H2,1-2H3,(H,28,33)(H2,26,34,35)/t14-/m0/s1. The average molecular weight is 531 g/mol. The van der Waals surface area contributed by atoms with Gasteiger partial charge in [0, 0.05) is 32.4 Å². The van der Waals surface area contributed by atoms with Crippen molar-refractivity contribution in [1.29, 1.82) is 0 Å². The molecule has 1 atom stereocenters. The van der Waals surface area contributed by atoms with E-state index in [0.717, 1.165) is 13.1 Å². The van der Waals surface area contributed by atoms with E-state index >= 15 is 4.39 Å². The molecule has 0 radical (unpaired) electrons. The highest BCUT2D eigenvalue weighted by Gasteiger charge is 2.31. The molecular weight excluding hydrogens is 503 g/mol. The van der Waals surface area contributed by atoms with E-state index in [9.17, 15) is 18.0 Å². The molecule has 196 valence electrons. The number of nitrogens with two attached hydrogens (primary N) is 1. The van der Waals surface area contributed by atoms with Crippen molar-refractivity contribution in [1.82, 2.24) is 14.9 Å². The summed E-state index contributed by atoms with van der Waals surface area (Å²) in [6, 6.07) is 6.37. The van der Waals surface area contributed by atoms with E-state index in [0.29, 0.717) is 35.7 Å². The maximum absolute atomic E-state index is 15.5. The van der Waals surface area contributed by atoms with E-state index < -0.39 is 27.2 Å². The maximum Gasteiger partial charge on any atom is 0.275 e. The van der Waals surface area contributed by atoms with Gasteiger partial charge in [-0.3, -0.25) is 20.4 Å². The Morgan fingerprint density at radius 1 is 1.16 bits per heavy atom. The second kappa shape index (κ2) is 9.32. The van der Waals surface area contributed by atoms with Crippen LogP contribution < -0.4 is 31.1 Å². The summed E-state index contributed by atoms with van der Waals surface area (Å²) in [5.74, 6) is -0.986. The van der Waals surface area contributed by atoms with E-state index in [-0.39, 0.29) is 28.5 Å². The van der Waals surface area contributed by atoms with Gasteiger partial charge >= 0.3 is 0 Å². The van der Waals surface area contributed by atoms with Crippen LogP contribution in [-0.2, 0) is 10.0 Å². The molecule has 3 heterocycles. The molecule has 2 aromatic carbocycles. The third kappa shape index (κ3) is 4.61. The van der Waals surface area contributed by atoms with E-state index in [2.05, 4.69) is 15.8 Å². The first-order valence-corrected chi connectivity index (χ1v) is 13.3. The van der Waals surface area contributed by atoms with E-state index in [1.165, 1.54) is 36.5 Å². The molecule has 0 aliphatic carbocycles. The first kappa shape index (κ1) is 25.0. The van der Waals surface area contributed by atoms with Crippen molar-refractivity contribution in [3.05, 3.63) is 58.1 Å². The van der Waals surface area contributed by atoms with Crippen molar-refractivity contribution < 1.29 is 22.3 Å². The summed E-state index contributed by atoms with van der Waals surface area (Å²) in [6.45, 7) is 4.94. The fraction of sp³-hybridized carbons (Fsp3) is 0.333. The molecule has 1 saturated heterocycles. The molecule has 1 amide bonds. The highest BCUT2D eigenvalue weighted by molar-refractivity contribution is 7.89. The molecule has 1 aromatic heterocycles. The third-order valence-electron chi connectivity index (χ3n) is 6.71. The Morgan fingerprint density at radius 2 is 1.84 bits per heavy atom. The quantitative estimate of drug-likeness (QED) is 0.419. The first-order chi connectivity index (χ1) is 17.5. The Bertz CT molecular complexity index is 1550. The number of pyridine rings is 1. The number of benzene rings is 2. The summed E-state index contributed by atoms with van der Waals surface area (Å²) in [6.07, 6.45) is 1.47. The molecule has 0 spiro atoms. The van der Waals surface area contributed by atoms with Gasteiger partial charge in [-0.15, -0.1) is 0 Å². The molecule has 2 aliphatic rings. The molecule has 3 aromatic rings. The summed E-state index contributed by atoms with van der Waals surface area (Å²) in [5, 5.41) is 5.15. The number of rotatable bonds is 5. The maximum atomic E-state index is 15.5. The van der Waals surface area contributed by atoms with Crippen LogP contribution in [-0.4, -0.2) is 63.6 Å². The van der Waals surface area contributed by atoms with Crippen molar-refractivity contribution in [3.63, 3.8) is 0 Å². The lowest BCUT2D eigenvalue weighted by molar-refractivity contribution is 0.0960. The zero-order valence-electron chi connectivity index (χ0n) is 20.3. The minimum Gasteiger partial charge on any atom is -0.487 e. The van der Waals surface area contributed by atoms with E-state index in [1.54, 1.807) is 4.57 Å². The number of hydrazine groups is 1. The molecule has 2 aliphatic heterocycles. The monoisotopic (exact) mass is 530 g/mol.